The molecular weight excluding hydrogens is 404 g/mol. The van der Waals surface area contributed by atoms with E-state index >= 15 is 0 Å². The van der Waals surface area contributed by atoms with Crippen molar-refractivity contribution in [2.75, 3.05) is 11.9 Å². The van der Waals surface area contributed by atoms with E-state index in [4.69, 9.17) is 5.11 Å². The number of rotatable bonds is 6. The lowest BCUT2D eigenvalue weighted by molar-refractivity contribution is -0.149. The fraction of sp³-hybridized carbons (Fsp3) is 0.250. The third-order valence-corrected chi connectivity index (χ3v) is 4.91. The van der Waals surface area contributed by atoms with Gasteiger partial charge in [-0.25, -0.2) is 4.98 Å². The lowest BCUT2D eigenvalue weighted by Gasteiger charge is -2.20. The smallest absolute Gasteiger partial charge is 0.323 e. The molecule has 2 aromatic rings. The largest absolute Gasteiger partial charge is 0.480 e. The Hall–Kier alpha value is -4.15. The van der Waals surface area contributed by atoms with Gasteiger partial charge in [-0.2, -0.15) is 5.11 Å². The molecule has 4 rings (SSSR count). The number of carboxylic acids is 1. The minimum absolute atomic E-state index is 0.119. The number of amides is 3. The van der Waals surface area contributed by atoms with E-state index in [0.717, 1.165) is 5.69 Å². The number of benzene rings is 1. The standard InChI is InChI=1S/C20H18N6O5/c1-11-4-2-7-14(21-11)22-18(29)13-6-3-5-12(8-13)9-26-17-16(23-24-26)19(30)25(20(17)31)10-15(27)28/h2-8,16-17H,9-10H2,1H3,(H,27,28)(H,21,22,29)/t16-,17+/m1/s1. The molecule has 11 heteroatoms. The first kappa shape index (κ1) is 20.1. The lowest BCUT2D eigenvalue weighted by atomic mass is 10.1. The van der Waals surface area contributed by atoms with Crippen LogP contribution >= 0.6 is 0 Å². The van der Waals surface area contributed by atoms with Gasteiger partial charge in [0.15, 0.2) is 12.1 Å². The van der Waals surface area contributed by atoms with Gasteiger partial charge in [0.1, 0.15) is 12.4 Å². The molecule has 31 heavy (non-hydrogen) atoms. The SMILES string of the molecule is Cc1cccc(NC(=O)c2cccc(CN3N=N[C@H]4C(=O)N(CC(=O)O)C(=O)[C@H]43)c2)n1. The Labute approximate surface area is 176 Å². The molecule has 3 heterocycles. The summed E-state index contributed by atoms with van der Waals surface area (Å²) in [6, 6.07) is 9.98. The predicted molar refractivity (Wildman–Crippen MR) is 106 cm³/mol. The van der Waals surface area contributed by atoms with Gasteiger partial charge < -0.3 is 10.4 Å². The number of pyridine rings is 1. The number of imide groups is 1. The maximum Gasteiger partial charge on any atom is 0.323 e. The number of hydrogen-bond acceptors (Lipinski definition) is 8. The first-order valence-corrected chi connectivity index (χ1v) is 9.42. The number of fused-ring (bicyclic) bond motifs is 1. The molecule has 1 aromatic carbocycles. The highest BCUT2D eigenvalue weighted by Gasteiger charge is 2.54. The van der Waals surface area contributed by atoms with Crippen molar-refractivity contribution in [3.63, 3.8) is 0 Å². The van der Waals surface area contributed by atoms with Crippen LogP contribution < -0.4 is 5.32 Å². The van der Waals surface area contributed by atoms with Gasteiger partial charge in [0.2, 0.25) is 0 Å². The zero-order valence-corrected chi connectivity index (χ0v) is 16.4. The molecule has 2 N–H and O–H groups in total. The summed E-state index contributed by atoms with van der Waals surface area (Å²) in [5, 5.41) is 20.7. The second-order valence-corrected chi connectivity index (χ2v) is 7.17. The van der Waals surface area contributed by atoms with Crippen LogP contribution in [0.1, 0.15) is 21.6 Å². The molecule has 3 amide bonds. The molecule has 158 valence electrons. The maximum atomic E-state index is 12.6. The Kier molecular flexibility index (Phi) is 5.15. The van der Waals surface area contributed by atoms with E-state index in [1.807, 2.05) is 13.0 Å². The molecule has 2 aliphatic rings. The molecule has 0 bridgehead atoms. The average Bonchev–Trinajstić information content (AvgIpc) is 3.23. The summed E-state index contributed by atoms with van der Waals surface area (Å²) in [7, 11) is 0. The van der Waals surface area contributed by atoms with Crippen LogP contribution in [0.5, 0.6) is 0 Å². The summed E-state index contributed by atoms with van der Waals surface area (Å²) in [6.45, 7) is 1.23. The number of nitrogens with zero attached hydrogens (tertiary/aromatic N) is 5. The molecule has 2 atom stereocenters. The van der Waals surface area contributed by atoms with Crippen LogP contribution in [-0.4, -0.2) is 62.3 Å². The zero-order chi connectivity index (χ0) is 22.1. The fourth-order valence-corrected chi connectivity index (χ4v) is 3.50. The highest BCUT2D eigenvalue weighted by atomic mass is 16.4. The van der Waals surface area contributed by atoms with Crippen LogP contribution in [0.4, 0.5) is 5.82 Å². The van der Waals surface area contributed by atoms with E-state index in [9.17, 15) is 19.2 Å². The summed E-state index contributed by atoms with van der Waals surface area (Å²) in [6.07, 6.45) is 0. The van der Waals surface area contributed by atoms with Crippen LogP contribution in [0.2, 0.25) is 0 Å². The predicted octanol–water partition coefficient (Wildman–Crippen LogP) is 1.02. The molecule has 0 radical (unpaired) electrons. The van der Waals surface area contributed by atoms with Crippen molar-refractivity contribution in [3.05, 3.63) is 59.3 Å². The van der Waals surface area contributed by atoms with Gasteiger partial charge in [0.25, 0.3) is 17.7 Å². The molecule has 0 spiro atoms. The maximum absolute atomic E-state index is 12.6. The molecule has 2 aliphatic heterocycles. The van der Waals surface area contributed by atoms with Crippen LogP contribution in [0.3, 0.4) is 0 Å². The summed E-state index contributed by atoms with van der Waals surface area (Å²) in [4.78, 5) is 53.2. The van der Waals surface area contributed by atoms with E-state index < -0.39 is 36.4 Å². The second-order valence-electron chi connectivity index (χ2n) is 7.17. The third-order valence-electron chi connectivity index (χ3n) is 4.91. The second kappa shape index (κ2) is 7.94. The molecular formula is C20H18N6O5. The Morgan fingerprint density at radius 3 is 2.65 bits per heavy atom. The van der Waals surface area contributed by atoms with Crippen molar-refractivity contribution in [3.8, 4) is 0 Å². The van der Waals surface area contributed by atoms with Gasteiger partial charge in [-0.1, -0.05) is 23.4 Å². The lowest BCUT2D eigenvalue weighted by Crippen LogP contribution is -2.41. The zero-order valence-electron chi connectivity index (χ0n) is 16.4. The number of carbonyl (C=O) groups excluding carboxylic acids is 3. The van der Waals surface area contributed by atoms with E-state index in [-0.39, 0.29) is 12.5 Å². The van der Waals surface area contributed by atoms with Crippen molar-refractivity contribution in [2.24, 2.45) is 10.3 Å². The van der Waals surface area contributed by atoms with Gasteiger partial charge in [-0.3, -0.25) is 29.1 Å². The fourth-order valence-electron chi connectivity index (χ4n) is 3.50. The molecule has 1 saturated heterocycles. The number of anilines is 1. The van der Waals surface area contributed by atoms with E-state index in [2.05, 4.69) is 20.6 Å². The van der Waals surface area contributed by atoms with E-state index in [1.165, 1.54) is 5.01 Å². The van der Waals surface area contributed by atoms with Crippen molar-refractivity contribution in [1.29, 1.82) is 0 Å². The summed E-state index contributed by atoms with van der Waals surface area (Å²) >= 11 is 0. The minimum Gasteiger partial charge on any atom is -0.480 e. The van der Waals surface area contributed by atoms with Crippen molar-refractivity contribution in [1.82, 2.24) is 14.9 Å². The van der Waals surface area contributed by atoms with Gasteiger partial charge in [-0.15, -0.1) is 0 Å². The number of carbonyl (C=O) groups is 4. The number of likely N-dealkylation sites (tertiary alicyclic amines) is 1. The Morgan fingerprint density at radius 2 is 1.90 bits per heavy atom. The van der Waals surface area contributed by atoms with Crippen molar-refractivity contribution in [2.45, 2.75) is 25.6 Å². The summed E-state index contributed by atoms with van der Waals surface area (Å²) in [5.74, 6) is -2.53. The first-order chi connectivity index (χ1) is 14.8. The summed E-state index contributed by atoms with van der Waals surface area (Å²) < 4.78 is 0. The number of carboxylic acid groups (broad SMARTS) is 1. The number of aliphatic carboxylic acids is 1. The normalized spacial score (nSPS) is 19.6. The van der Waals surface area contributed by atoms with Gasteiger partial charge in [0, 0.05) is 11.3 Å². The van der Waals surface area contributed by atoms with Crippen LogP contribution in [0.15, 0.2) is 52.8 Å². The van der Waals surface area contributed by atoms with Crippen LogP contribution in [0, 0.1) is 6.92 Å². The average molecular weight is 422 g/mol. The Balaban J connectivity index is 1.47. The molecule has 11 nitrogen and oxygen atoms in total. The highest BCUT2D eigenvalue weighted by molar-refractivity contribution is 6.10. The van der Waals surface area contributed by atoms with Gasteiger partial charge in [0.05, 0.1) is 6.54 Å². The first-order valence-electron chi connectivity index (χ1n) is 9.42. The highest BCUT2D eigenvalue weighted by Crippen LogP contribution is 2.29. The number of nitrogens with one attached hydrogen (secondary N) is 1. The third kappa shape index (κ3) is 3.97. The molecule has 0 unspecified atom stereocenters. The number of hydrogen-bond donors (Lipinski definition) is 2. The quantitative estimate of drug-likeness (QED) is 0.661. The topological polar surface area (TPSA) is 145 Å². The van der Waals surface area contributed by atoms with Crippen molar-refractivity contribution >= 4 is 29.5 Å². The van der Waals surface area contributed by atoms with Gasteiger partial charge in [-0.05, 0) is 36.8 Å². The van der Waals surface area contributed by atoms with E-state index in [0.29, 0.717) is 21.8 Å². The van der Waals surface area contributed by atoms with E-state index in [1.54, 1.807) is 36.4 Å². The number of aryl methyl sites for hydroxylation is 1. The Bertz CT molecular complexity index is 1120. The van der Waals surface area contributed by atoms with Gasteiger partial charge >= 0.3 is 5.97 Å². The van der Waals surface area contributed by atoms with Crippen molar-refractivity contribution < 1.29 is 24.3 Å². The van der Waals surface area contributed by atoms with Crippen LogP contribution in [-0.2, 0) is 20.9 Å². The molecule has 1 aromatic heterocycles. The van der Waals surface area contributed by atoms with Crippen LogP contribution in [0.25, 0.3) is 0 Å². The Morgan fingerprint density at radius 1 is 1.13 bits per heavy atom. The number of aromatic nitrogens is 1. The molecule has 1 fully saturated rings. The summed E-state index contributed by atoms with van der Waals surface area (Å²) in [5.41, 5.74) is 1.82. The monoisotopic (exact) mass is 422 g/mol. The molecule has 0 aliphatic carbocycles. The minimum atomic E-state index is -1.29. The molecule has 0 saturated carbocycles.